The number of nitrogens with zero attached hydrogens (tertiary/aromatic N) is 1. The number of rotatable bonds is 4. The first kappa shape index (κ1) is 20.4. The van der Waals surface area contributed by atoms with E-state index in [4.69, 9.17) is 4.74 Å². The molecule has 0 unspecified atom stereocenters. The van der Waals surface area contributed by atoms with Gasteiger partial charge in [0.25, 0.3) is 0 Å². The molecule has 2 aliphatic rings. The van der Waals surface area contributed by atoms with Crippen molar-refractivity contribution in [2.24, 2.45) is 11.8 Å². The minimum Gasteiger partial charge on any atom is -0.465 e. The molecule has 0 N–H and O–H groups in total. The summed E-state index contributed by atoms with van der Waals surface area (Å²) in [7, 11) is 3.67. The Hall–Kier alpha value is -1.91. The summed E-state index contributed by atoms with van der Waals surface area (Å²) in [6, 6.07) is 12.6. The van der Waals surface area contributed by atoms with Crippen LogP contribution in [0.1, 0.15) is 54.3 Å². The van der Waals surface area contributed by atoms with Gasteiger partial charge in [0.1, 0.15) is 4.88 Å². The maximum absolute atomic E-state index is 12.7. The van der Waals surface area contributed by atoms with Crippen molar-refractivity contribution in [2.75, 3.05) is 27.2 Å². The molecule has 0 radical (unpaired) electrons. The molecule has 2 aromatic rings. The molecule has 4 heteroatoms. The topological polar surface area (TPSA) is 29.5 Å². The number of thiophene rings is 1. The van der Waals surface area contributed by atoms with E-state index in [0.717, 1.165) is 46.3 Å². The van der Waals surface area contributed by atoms with Gasteiger partial charge in [-0.2, -0.15) is 0 Å². The lowest BCUT2D eigenvalue weighted by Gasteiger charge is -2.35. The molecule has 0 amide bonds. The number of methoxy groups -OCH3 is 1. The van der Waals surface area contributed by atoms with Crippen molar-refractivity contribution in [1.29, 1.82) is 0 Å². The number of esters is 1. The van der Waals surface area contributed by atoms with Gasteiger partial charge in [0, 0.05) is 23.5 Å². The van der Waals surface area contributed by atoms with Crippen molar-refractivity contribution in [3.05, 3.63) is 52.4 Å². The van der Waals surface area contributed by atoms with Crippen molar-refractivity contribution < 1.29 is 9.53 Å². The summed E-state index contributed by atoms with van der Waals surface area (Å²) in [5.74, 6) is 1.29. The quantitative estimate of drug-likeness (QED) is 0.570. The highest BCUT2D eigenvalue weighted by Gasteiger charge is 2.30. The van der Waals surface area contributed by atoms with Gasteiger partial charge in [0.15, 0.2) is 0 Å². The molecule has 1 saturated carbocycles. The van der Waals surface area contributed by atoms with E-state index in [1.807, 2.05) is 6.07 Å². The fourth-order valence-corrected chi connectivity index (χ4v) is 5.94. The molecule has 2 heterocycles. The first-order chi connectivity index (χ1) is 14.1. The van der Waals surface area contributed by atoms with E-state index in [0.29, 0.717) is 5.92 Å². The molecular formula is C25H31NO2S. The van der Waals surface area contributed by atoms with Crippen LogP contribution in [-0.2, 0) is 4.74 Å². The van der Waals surface area contributed by atoms with E-state index in [2.05, 4.69) is 49.2 Å². The smallest absolute Gasteiger partial charge is 0.348 e. The zero-order valence-electron chi connectivity index (χ0n) is 17.7. The maximum atomic E-state index is 12.7. The van der Waals surface area contributed by atoms with Crippen molar-refractivity contribution >= 4 is 22.9 Å². The standard InChI is InChI=1S/C25H31NO2S/c1-17-9-11-18(12-10-17)20-13-14-26(2)16-22(20)21-15-23(19-7-5-4-6-8-19)29-24(21)25(27)28-3/h4-8,15,17-18H,9-14,16H2,1-3H3. The summed E-state index contributed by atoms with van der Waals surface area (Å²) in [6.07, 6.45) is 6.32. The number of ether oxygens (including phenoxy) is 1. The first-order valence-corrected chi connectivity index (χ1v) is 11.6. The first-order valence-electron chi connectivity index (χ1n) is 10.7. The summed E-state index contributed by atoms with van der Waals surface area (Å²) >= 11 is 1.56. The van der Waals surface area contributed by atoms with Gasteiger partial charge in [-0.1, -0.05) is 55.7 Å². The fourth-order valence-electron chi connectivity index (χ4n) is 4.83. The Labute approximate surface area is 178 Å². The van der Waals surface area contributed by atoms with Crippen LogP contribution in [0.4, 0.5) is 0 Å². The van der Waals surface area contributed by atoms with Crippen molar-refractivity contribution in [1.82, 2.24) is 4.90 Å². The Morgan fingerprint density at radius 3 is 2.55 bits per heavy atom. The van der Waals surface area contributed by atoms with Gasteiger partial charge in [0.05, 0.1) is 7.11 Å². The fraction of sp³-hybridized carbons (Fsp3) is 0.480. The molecule has 29 heavy (non-hydrogen) atoms. The molecule has 0 spiro atoms. The number of hydrogen-bond acceptors (Lipinski definition) is 4. The van der Waals surface area contributed by atoms with Crippen molar-refractivity contribution in [2.45, 2.75) is 39.0 Å². The lowest BCUT2D eigenvalue weighted by Crippen LogP contribution is -2.30. The SMILES string of the molecule is COC(=O)c1sc(-c2ccccc2)cc1C1=C(C2CCC(C)CC2)CCN(C)C1. The third-order valence-corrected chi connectivity index (χ3v) is 7.74. The van der Waals surface area contributed by atoms with Crippen LogP contribution in [0.5, 0.6) is 0 Å². The molecule has 1 aliphatic carbocycles. The third kappa shape index (κ3) is 4.34. The average molecular weight is 410 g/mol. The summed E-state index contributed by atoms with van der Waals surface area (Å²) in [5, 5.41) is 0. The lowest BCUT2D eigenvalue weighted by molar-refractivity contribution is 0.0606. The minimum atomic E-state index is -0.218. The van der Waals surface area contributed by atoms with Crippen molar-refractivity contribution in [3.63, 3.8) is 0 Å². The Morgan fingerprint density at radius 2 is 1.86 bits per heavy atom. The zero-order chi connectivity index (χ0) is 20.4. The highest BCUT2D eigenvalue weighted by Crippen LogP contribution is 2.43. The van der Waals surface area contributed by atoms with Gasteiger partial charge in [-0.05, 0) is 55.3 Å². The summed E-state index contributed by atoms with van der Waals surface area (Å²) in [4.78, 5) is 16.9. The van der Waals surface area contributed by atoms with Gasteiger partial charge in [-0.3, -0.25) is 0 Å². The molecule has 1 aliphatic heterocycles. The van der Waals surface area contributed by atoms with Crippen LogP contribution < -0.4 is 0 Å². The van der Waals surface area contributed by atoms with Gasteiger partial charge in [-0.25, -0.2) is 4.79 Å². The second kappa shape index (κ2) is 8.85. The largest absolute Gasteiger partial charge is 0.465 e. The van der Waals surface area contributed by atoms with Gasteiger partial charge in [-0.15, -0.1) is 11.3 Å². The van der Waals surface area contributed by atoms with Crippen molar-refractivity contribution in [3.8, 4) is 10.4 Å². The molecule has 154 valence electrons. The predicted octanol–water partition coefficient (Wildman–Crippen LogP) is 6.12. The summed E-state index contributed by atoms with van der Waals surface area (Å²) < 4.78 is 5.17. The molecular weight excluding hydrogens is 378 g/mol. The van der Waals surface area contributed by atoms with Crippen LogP contribution in [0.25, 0.3) is 16.0 Å². The predicted molar refractivity (Wildman–Crippen MR) is 121 cm³/mol. The maximum Gasteiger partial charge on any atom is 0.348 e. The van der Waals surface area contributed by atoms with E-state index in [-0.39, 0.29) is 5.97 Å². The average Bonchev–Trinajstić information content (AvgIpc) is 3.20. The van der Waals surface area contributed by atoms with Crippen LogP contribution in [0, 0.1) is 11.8 Å². The Balaban J connectivity index is 1.80. The molecule has 0 saturated heterocycles. The highest BCUT2D eigenvalue weighted by molar-refractivity contribution is 7.17. The van der Waals surface area contributed by atoms with E-state index in [1.165, 1.54) is 38.4 Å². The number of carbonyl (C=O) groups is 1. The molecule has 1 fully saturated rings. The molecule has 0 atom stereocenters. The molecule has 1 aromatic heterocycles. The zero-order valence-corrected chi connectivity index (χ0v) is 18.6. The lowest BCUT2D eigenvalue weighted by atomic mass is 9.75. The Kier molecular flexibility index (Phi) is 6.21. The summed E-state index contributed by atoms with van der Waals surface area (Å²) in [6.45, 7) is 4.39. The number of carbonyl (C=O) groups excluding carboxylic acids is 1. The van der Waals surface area contributed by atoms with Crippen LogP contribution >= 0.6 is 11.3 Å². The molecule has 0 bridgehead atoms. The Morgan fingerprint density at radius 1 is 1.14 bits per heavy atom. The molecule has 4 rings (SSSR count). The van der Waals surface area contributed by atoms with Gasteiger partial charge in [0.2, 0.25) is 0 Å². The van der Waals surface area contributed by atoms with E-state index >= 15 is 0 Å². The molecule has 1 aromatic carbocycles. The normalized spacial score (nSPS) is 23.3. The van der Waals surface area contributed by atoms with Crippen LogP contribution in [0.15, 0.2) is 42.0 Å². The second-order valence-electron chi connectivity index (χ2n) is 8.66. The van der Waals surface area contributed by atoms with Crippen LogP contribution in [0.3, 0.4) is 0 Å². The highest BCUT2D eigenvalue weighted by atomic mass is 32.1. The van der Waals surface area contributed by atoms with E-state index in [1.54, 1.807) is 16.9 Å². The summed E-state index contributed by atoms with van der Waals surface area (Å²) in [5.41, 5.74) is 5.22. The number of benzene rings is 1. The monoisotopic (exact) mass is 409 g/mol. The molecule has 3 nitrogen and oxygen atoms in total. The number of hydrogen-bond donors (Lipinski definition) is 0. The van der Waals surface area contributed by atoms with E-state index in [9.17, 15) is 4.79 Å². The van der Waals surface area contributed by atoms with E-state index < -0.39 is 0 Å². The Bertz CT molecular complexity index is 891. The van der Waals surface area contributed by atoms with Crippen LogP contribution in [0.2, 0.25) is 0 Å². The van der Waals surface area contributed by atoms with Crippen LogP contribution in [-0.4, -0.2) is 38.1 Å². The third-order valence-electron chi connectivity index (χ3n) is 6.57. The minimum absolute atomic E-state index is 0.218. The second-order valence-corrected chi connectivity index (χ2v) is 9.71. The van der Waals surface area contributed by atoms with Gasteiger partial charge < -0.3 is 9.64 Å². The number of likely N-dealkylation sites (N-methyl/N-ethyl adjacent to an activating group) is 1. The van der Waals surface area contributed by atoms with Gasteiger partial charge >= 0.3 is 5.97 Å².